The van der Waals surface area contributed by atoms with Crippen LogP contribution in [0.3, 0.4) is 0 Å². The molecule has 0 saturated carbocycles. The number of carboxylic acid groups (broad SMARTS) is 1. The Bertz CT molecular complexity index is 1380. The number of para-hydroxylation sites is 1. The van der Waals surface area contributed by atoms with E-state index >= 15 is 0 Å². The van der Waals surface area contributed by atoms with Gasteiger partial charge in [0.25, 0.3) is 0 Å². The van der Waals surface area contributed by atoms with E-state index in [1.807, 2.05) is 60.7 Å². The van der Waals surface area contributed by atoms with Crippen LogP contribution >= 0.6 is 0 Å². The van der Waals surface area contributed by atoms with Crippen LogP contribution in [0.5, 0.6) is 0 Å². The lowest BCUT2D eigenvalue weighted by atomic mass is 9.76. The molecule has 0 radical (unpaired) electrons. The number of fused-ring (bicyclic) bond motifs is 1. The molecule has 2 aliphatic rings. The van der Waals surface area contributed by atoms with E-state index in [0.717, 1.165) is 11.3 Å². The molecule has 2 saturated heterocycles. The Morgan fingerprint density at radius 2 is 1.59 bits per heavy atom. The zero-order valence-electron chi connectivity index (χ0n) is 21.4. The van der Waals surface area contributed by atoms with Gasteiger partial charge in [0.05, 0.1) is 24.5 Å². The fourth-order valence-corrected chi connectivity index (χ4v) is 5.73. The van der Waals surface area contributed by atoms with E-state index in [2.05, 4.69) is 10.6 Å². The quantitative estimate of drug-likeness (QED) is 0.287. The predicted molar refractivity (Wildman–Crippen MR) is 143 cm³/mol. The summed E-state index contributed by atoms with van der Waals surface area (Å²) in [6, 6.07) is 24.2. The average Bonchev–Trinajstić information content (AvgIpc) is 3.43. The smallest absolute Gasteiger partial charge is 0.337 e. The topological polar surface area (TPSA) is 125 Å². The number of amides is 2. The van der Waals surface area contributed by atoms with Gasteiger partial charge in [0.15, 0.2) is 0 Å². The molecule has 4 unspecified atom stereocenters. The molecule has 2 fully saturated rings. The first kappa shape index (κ1) is 26.1. The third-order valence-electron chi connectivity index (χ3n) is 7.58. The van der Waals surface area contributed by atoms with E-state index in [9.17, 15) is 24.3 Å². The van der Waals surface area contributed by atoms with Crippen molar-refractivity contribution in [1.82, 2.24) is 10.2 Å². The van der Waals surface area contributed by atoms with Gasteiger partial charge in [-0.05, 0) is 35.4 Å². The number of carboxylic acids is 1. The first-order valence-electron chi connectivity index (χ1n) is 12.7. The maximum Gasteiger partial charge on any atom is 0.337 e. The fourth-order valence-electron chi connectivity index (χ4n) is 5.73. The summed E-state index contributed by atoms with van der Waals surface area (Å²) in [5.74, 6) is -4.64. The average molecular weight is 528 g/mol. The first-order chi connectivity index (χ1) is 18.9. The summed E-state index contributed by atoms with van der Waals surface area (Å²) in [5.41, 5.74) is 0.820. The highest BCUT2D eigenvalue weighted by atomic mass is 16.5. The predicted octanol–water partition coefficient (Wildman–Crippen LogP) is 2.90. The summed E-state index contributed by atoms with van der Waals surface area (Å²) >= 11 is 0. The van der Waals surface area contributed by atoms with Gasteiger partial charge in [-0.25, -0.2) is 4.79 Å². The van der Waals surface area contributed by atoms with Crippen LogP contribution in [-0.2, 0) is 25.5 Å². The molecular weight excluding hydrogens is 498 g/mol. The van der Waals surface area contributed by atoms with Crippen molar-refractivity contribution in [2.24, 2.45) is 11.8 Å². The number of imide groups is 1. The van der Waals surface area contributed by atoms with Crippen molar-refractivity contribution in [3.05, 3.63) is 102 Å². The Labute approximate surface area is 225 Å². The molecule has 2 heterocycles. The van der Waals surface area contributed by atoms with Crippen molar-refractivity contribution in [2.45, 2.75) is 18.0 Å². The van der Waals surface area contributed by atoms with Crippen LogP contribution in [0.25, 0.3) is 0 Å². The van der Waals surface area contributed by atoms with E-state index in [4.69, 9.17) is 4.74 Å². The Hall–Kier alpha value is -4.50. The zero-order valence-corrected chi connectivity index (χ0v) is 21.4. The molecule has 200 valence electrons. The van der Waals surface area contributed by atoms with Crippen LogP contribution < -0.4 is 10.6 Å². The molecule has 9 nitrogen and oxygen atoms in total. The summed E-state index contributed by atoms with van der Waals surface area (Å²) in [7, 11) is 1.29. The van der Waals surface area contributed by atoms with Crippen LogP contribution in [0.15, 0.2) is 84.9 Å². The van der Waals surface area contributed by atoms with Crippen LogP contribution in [0.4, 0.5) is 5.69 Å². The van der Waals surface area contributed by atoms with Gasteiger partial charge in [-0.2, -0.15) is 0 Å². The lowest BCUT2D eigenvalue weighted by molar-refractivity contribution is -0.151. The van der Waals surface area contributed by atoms with Gasteiger partial charge in [0.2, 0.25) is 11.8 Å². The number of esters is 1. The highest BCUT2D eigenvalue weighted by Gasteiger charge is 2.68. The summed E-state index contributed by atoms with van der Waals surface area (Å²) in [6.45, 7) is 0.431. The van der Waals surface area contributed by atoms with Gasteiger partial charge in [0, 0.05) is 31.2 Å². The number of carbonyl (C=O) groups is 4. The minimum atomic E-state index is -1.70. The number of ether oxygens (including phenoxy) is 1. The van der Waals surface area contributed by atoms with E-state index in [1.165, 1.54) is 12.0 Å². The van der Waals surface area contributed by atoms with E-state index < -0.39 is 47.2 Å². The molecule has 5 rings (SSSR count). The number of hydrogen-bond acceptors (Lipinski definition) is 7. The monoisotopic (exact) mass is 527 g/mol. The van der Waals surface area contributed by atoms with Gasteiger partial charge >= 0.3 is 11.9 Å². The highest BCUT2D eigenvalue weighted by Crippen LogP contribution is 2.50. The summed E-state index contributed by atoms with van der Waals surface area (Å²) in [5, 5.41) is 17.0. The number of aliphatic carboxylic acids is 1. The fraction of sp³-hybridized carbons (Fsp3) is 0.267. The number of likely N-dealkylation sites (tertiary alicyclic amines) is 1. The normalized spacial score (nSPS) is 23.9. The molecule has 39 heavy (non-hydrogen) atoms. The van der Waals surface area contributed by atoms with Crippen LogP contribution in [0, 0.1) is 11.8 Å². The van der Waals surface area contributed by atoms with Crippen molar-refractivity contribution >= 4 is 29.4 Å². The lowest BCUT2D eigenvalue weighted by Gasteiger charge is -2.31. The van der Waals surface area contributed by atoms with Gasteiger partial charge in [0.1, 0.15) is 5.54 Å². The van der Waals surface area contributed by atoms with Gasteiger partial charge < -0.3 is 15.2 Å². The summed E-state index contributed by atoms with van der Waals surface area (Å²) < 4.78 is 4.77. The van der Waals surface area contributed by atoms with Gasteiger partial charge in [-0.3, -0.25) is 24.6 Å². The highest BCUT2D eigenvalue weighted by molar-refractivity contribution is 6.09. The number of methoxy groups -OCH3 is 1. The third-order valence-corrected chi connectivity index (χ3v) is 7.58. The molecular formula is C30H29N3O6. The van der Waals surface area contributed by atoms with Crippen molar-refractivity contribution in [3.63, 3.8) is 0 Å². The number of carbonyl (C=O) groups excluding carboxylic acids is 3. The molecule has 2 aliphatic heterocycles. The van der Waals surface area contributed by atoms with Crippen LogP contribution in [0.2, 0.25) is 0 Å². The number of benzene rings is 3. The third kappa shape index (κ3) is 4.77. The van der Waals surface area contributed by atoms with Crippen molar-refractivity contribution in [1.29, 1.82) is 0 Å². The minimum absolute atomic E-state index is 0.0240. The summed E-state index contributed by atoms with van der Waals surface area (Å²) in [6.07, 6.45) is 0.0240. The maximum atomic E-state index is 13.8. The molecule has 3 aromatic carbocycles. The number of anilines is 1. The molecule has 3 N–H and O–H groups in total. The van der Waals surface area contributed by atoms with Gasteiger partial charge in [-0.15, -0.1) is 0 Å². The number of nitrogens with zero attached hydrogens (tertiary/aromatic N) is 1. The second-order valence-electron chi connectivity index (χ2n) is 9.80. The largest absolute Gasteiger partial charge is 0.480 e. The standard InChI is InChI=1S/C30H29N3O6/c1-39-28(36)21-14-12-20(13-15-21)25-23-24(30(32-25,29(37)38)18-19-8-4-2-5-9-19)27(35)33(26(23)34)17-16-31-22-10-6-3-7-11-22/h2-15,23-25,31-32H,16-18H2,1H3,(H,37,38). The zero-order chi connectivity index (χ0) is 27.6. The van der Waals surface area contributed by atoms with Crippen molar-refractivity contribution < 1.29 is 29.0 Å². The van der Waals surface area contributed by atoms with E-state index in [-0.39, 0.29) is 13.0 Å². The van der Waals surface area contributed by atoms with Gasteiger partial charge in [-0.1, -0.05) is 60.7 Å². The summed E-state index contributed by atoms with van der Waals surface area (Å²) in [4.78, 5) is 53.7. The van der Waals surface area contributed by atoms with Crippen LogP contribution in [-0.4, -0.2) is 59.5 Å². The second kappa shape index (κ2) is 10.7. The van der Waals surface area contributed by atoms with E-state index in [1.54, 1.807) is 24.3 Å². The number of hydrogen-bond donors (Lipinski definition) is 3. The first-order valence-corrected chi connectivity index (χ1v) is 12.7. The molecule has 0 spiro atoms. The second-order valence-corrected chi connectivity index (χ2v) is 9.80. The molecule has 2 amide bonds. The number of rotatable bonds is 9. The Morgan fingerprint density at radius 1 is 0.949 bits per heavy atom. The van der Waals surface area contributed by atoms with Crippen molar-refractivity contribution in [3.8, 4) is 0 Å². The number of nitrogens with one attached hydrogen (secondary N) is 2. The van der Waals surface area contributed by atoms with E-state index in [0.29, 0.717) is 17.7 Å². The Morgan fingerprint density at radius 3 is 2.21 bits per heavy atom. The molecule has 0 bridgehead atoms. The minimum Gasteiger partial charge on any atom is -0.480 e. The Kier molecular flexibility index (Phi) is 7.17. The Balaban J connectivity index is 1.49. The molecule has 0 aliphatic carbocycles. The SMILES string of the molecule is COC(=O)c1ccc(C2NC(Cc3ccccc3)(C(=O)O)C3C(=O)N(CCNc4ccccc4)C(=O)C23)cc1. The molecule has 4 atom stereocenters. The molecule has 0 aromatic heterocycles. The van der Waals surface area contributed by atoms with Crippen molar-refractivity contribution in [2.75, 3.05) is 25.5 Å². The van der Waals surface area contributed by atoms with Crippen LogP contribution in [0.1, 0.15) is 27.5 Å². The lowest BCUT2D eigenvalue weighted by Crippen LogP contribution is -2.57. The maximum absolute atomic E-state index is 13.8. The molecule has 3 aromatic rings. The molecule has 9 heteroatoms.